The summed E-state index contributed by atoms with van der Waals surface area (Å²) >= 11 is 0. The first-order valence-corrected chi connectivity index (χ1v) is 10.0. The molecule has 3 aromatic rings. The number of amides is 1. The maximum atomic E-state index is 12.7. The van der Waals surface area contributed by atoms with Gasteiger partial charge in [0.1, 0.15) is 5.75 Å². The average molecular weight is 393 g/mol. The van der Waals surface area contributed by atoms with E-state index in [2.05, 4.69) is 27.3 Å². The molecule has 2 heterocycles. The van der Waals surface area contributed by atoms with Crippen LogP contribution >= 0.6 is 0 Å². The van der Waals surface area contributed by atoms with Crippen LogP contribution in [0.25, 0.3) is 10.9 Å². The van der Waals surface area contributed by atoms with E-state index in [1.807, 2.05) is 42.6 Å². The summed E-state index contributed by atoms with van der Waals surface area (Å²) in [7, 11) is 1.67. The van der Waals surface area contributed by atoms with Crippen molar-refractivity contribution < 1.29 is 14.3 Å². The molecule has 2 N–H and O–H groups in total. The average Bonchev–Trinajstić information content (AvgIpc) is 3.18. The summed E-state index contributed by atoms with van der Waals surface area (Å²) in [5.74, 6) is 0.861. The van der Waals surface area contributed by atoms with Crippen LogP contribution in [0.5, 0.6) is 5.75 Å². The van der Waals surface area contributed by atoms with Gasteiger partial charge in [-0.1, -0.05) is 30.3 Å². The zero-order chi connectivity index (χ0) is 20.1. The van der Waals surface area contributed by atoms with Gasteiger partial charge in [-0.3, -0.25) is 9.69 Å². The number of hydrogen-bond acceptors (Lipinski definition) is 4. The van der Waals surface area contributed by atoms with E-state index in [4.69, 9.17) is 9.47 Å². The lowest BCUT2D eigenvalue weighted by atomic mass is 10.0. The number of rotatable bonds is 7. The second kappa shape index (κ2) is 9.11. The van der Waals surface area contributed by atoms with Gasteiger partial charge < -0.3 is 19.8 Å². The molecule has 2 aromatic carbocycles. The minimum Gasteiger partial charge on any atom is -0.497 e. The van der Waals surface area contributed by atoms with Crippen LogP contribution in [0.4, 0.5) is 0 Å². The molecule has 1 fully saturated rings. The number of carbonyl (C=O) groups excluding carboxylic acids is 1. The molecule has 0 saturated carbocycles. The van der Waals surface area contributed by atoms with Gasteiger partial charge in [0, 0.05) is 36.7 Å². The molecule has 1 atom stereocenters. The molecule has 6 heteroatoms. The van der Waals surface area contributed by atoms with Crippen molar-refractivity contribution in [2.75, 3.05) is 40.0 Å². The van der Waals surface area contributed by atoms with Crippen LogP contribution in [-0.4, -0.2) is 55.7 Å². The van der Waals surface area contributed by atoms with Gasteiger partial charge in [-0.25, -0.2) is 0 Å². The van der Waals surface area contributed by atoms with Crippen molar-refractivity contribution in [2.24, 2.45) is 0 Å². The maximum Gasteiger partial charge on any atom is 0.224 e. The van der Waals surface area contributed by atoms with Gasteiger partial charge in [-0.2, -0.15) is 0 Å². The molecule has 152 valence electrons. The predicted octanol–water partition coefficient (Wildman–Crippen LogP) is 2.91. The number of aromatic nitrogens is 1. The van der Waals surface area contributed by atoms with E-state index < -0.39 is 0 Å². The molecule has 0 aliphatic carbocycles. The summed E-state index contributed by atoms with van der Waals surface area (Å²) in [5.41, 5.74) is 3.24. The number of nitrogens with zero attached hydrogens (tertiary/aromatic N) is 1. The Bertz CT molecular complexity index is 945. The Balaban J connectivity index is 1.44. The molecule has 1 saturated heterocycles. The van der Waals surface area contributed by atoms with Crippen molar-refractivity contribution in [3.05, 3.63) is 65.9 Å². The molecule has 0 bridgehead atoms. The summed E-state index contributed by atoms with van der Waals surface area (Å²) in [4.78, 5) is 18.3. The van der Waals surface area contributed by atoms with Gasteiger partial charge in [0.2, 0.25) is 5.91 Å². The number of nitrogens with one attached hydrogen (secondary N) is 2. The number of H-pyrrole nitrogens is 1. The first-order chi connectivity index (χ1) is 14.2. The Kier molecular flexibility index (Phi) is 6.12. The highest BCUT2D eigenvalue weighted by Crippen LogP contribution is 2.24. The number of hydrogen-bond donors (Lipinski definition) is 2. The first kappa shape index (κ1) is 19.5. The first-order valence-electron chi connectivity index (χ1n) is 10.0. The predicted molar refractivity (Wildman–Crippen MR) is 113 cm³/mol. The molecule has 29 heavy (non-hydrogen) atoms. The van der Waals surface area contributed by atoms with E-state index in [1.165, 1.54) is 5.56 Å². The van der Waals surface area contributed by atoms with Crippen LogP contribution in [0.15, 0.2) is 54.7 Å². The maximum absolute atomic E-state index is 12.7. The summed E-state index contributed by atoms with van der Waals surface area (Å²) < 4.78 is 10.8. The van der Waals surface area contributed by atoms with Gasteiger partial charge in [-0.05, 0) is 29.3 Å². The highest BCUT2D eigenvalue weighted by atomic mass is 16.5. The SMILES string of the molecule is COc1ccc([C@H](CNC(=O)Cc2c[nH]c3ccccc23)N2CCOCC2)cc1. The number of carbonyl (C=O) groups is 1. The fourth-order valence-electron chi connectivity index (χ4n) is 3.90. The number of fused-ring (bicyclic) bond motifs is 1. The van der Waals surface area contributed by atoms with Crippen molar-refractivity contribution in [3.8, 4) is 5.75 Å². The Labute approximate surface area is 170 Å². The van der Waals surface area contributed by atoms with Crippen LogP contribution in [-0.2, 0) is 16.0 Å². The Hall–Kier alpha value is -2.83. The van der Waals surface area contributed by atoms with E-state index in [9.17, 15) is 4.79 Å². The number of methoxy groups -OCH3 is 1. The summed E-state index contributed by atoms with van der Waals surface area (Å²) in [6.45, 7) is 3.71. The second-order valence-corrected chi connectivity index (χ2v) is 7.28. The number of benzene rings is 2. The molecule has 0 radical (unpaired) electrons. The molecule has 1 aliphatic heterocycles. The number of ether oxygens (including phenoxy) is 2. The van der Waals surface area contributed by atoms with Crippen molar-refractivity contribution in [1.82, 2.24) is 15.2 Å². The monoisotopic (exact) mass is 393 g/mol. The van der Waals surface area contributed by atoms with Crippen molar-refractivity contribution >= 4 is 16.8 Å². The molecule has 1 amide bonds. The lowest BCUT2D eigenvalue weighted by molar-refractivity contribution is -0.120. The Morgan fingerprint density at radius 2 is 1.93 bits per heavy atom. The molecular formula is C23H27N3O3. The van der Waals surface area contributed by atoms with E-state index in [0.717, 1.165) is 48.5 Å². The lowest BCUT2D eigenvalue weighted by Crippen LogP contribution is -2.44. The van der Waals surface area contributed by atoms with Gasteiger partial charge in [0.15, 0.2) is 0 Å². The third kappa shape index (κ3) is 4.60. The lowest BCUT2D eigenvalue weighted by Gasteiger charge is -2.35. The standard InChI is InChI=1S/C23H27N3O3/c1-28-19-8-6-17(7-9-19)22(26-10-12-29-13-11-26)16-25-23(27)14-18-15-24-21-5-3-2-4-20(18)21/h2-9,15,22,24H,10-14,16H2,1H3,(H,25,27)/t22-/m0/s1. The summed E-state index contributed by atoms with van der Waals surface area (Å²) in [6, 6.07) is 16.2. The minimum absolute atomic E-state index is 0.0292. The normalized spacial score (nSPS) is 15.9. The van der Waals surface area contributed by atoms with Crippen molar-refractivity contribution in [2.45, 2.75) is 12.5 Å². The fraction of sp³-hybridized carbons (Fsp3) is 0.348. The molecule has 1 aliphatic rings. The van der Waals surface area contributed by atoms with Crippen LogP contribution in [0.1, 0.15) is 17.2 Å². The quantitative estimate of drug-likeness (QED) is 0.648. The topological polar surface area (TPSA) is 66.6 Å². The largest absolute Gasteiger partial charge is 0.497 e. The molecule has 0 unspecified atom stereocenters. The zero-order valence-electron chi connectivity index (χ0n) is 16.7. The molecule has 1 aromatic heterocycles. The van der Waals surface area contributed by atoms with E-state index in [0.29, 0.717) is 13.0 Å². The van der Waals surface area contributed by atoms with E-state index in [1.54, 1.807) is 7.11 Å². The fourth-order valence-corrected chi connectivity index (χ4v) is 3.90. The molecule has 6 nitrogen and oxygen atoms in total. The molecule has 0 spiro atoms. The summed E-state index contributed by atoms with van der Waals surface area (Å²) in [6.07, 6.45) is 2.29. The molecular weight excluding hydrogens is 366 g/mol. The number of morpholine rings is 1. The van der Waals surface area contributed by atoms with Crippen LogP contribution in [0, 0.1) is 0 Å². The highest BCUT2D eigenvalue weighted by molar-refractivity contribution is 5.88. The smallest absolute Gasteiger partial charge is 0.224 e. The molecule has 4 rings (SSSR count). The van der Waals surface area contributed by atoms with Crippen molar-refractivity contribution in [3.63, 3.8) is 0 Å². The van der Waals surface area contributed by atoms with E-state index >= 15 is 0 Å². The van der Waals surface area contributed by atoms with Gasteiger partial charge in [-0.15, -0.1) is 0 Å². The van der Waals surface area contributed by atoms with Crippen LogP contribution in [0.3, 0.4) is 0 Å². The van der Waals surface area contributed by atoms with E-state index in [-0.39, 0.29) is 11.9 Å². The zero-order valence-corrected chi connectivity index (χ0v) is 16.7. The van der Waals surface area contributed by atoms with Gasteiger partial charge in [0.25, 0.3) is 0 Å². The Morgan fingerprint density at radius 1 is 1.17 bits per heavy atom. The third-order valence-electron chi connectivity index (χ3n) is 5.51. The van der Waals surface area contributed by atoms with Gasteiger partial charge in [0.05, 0.1) is 32.8 Å². The highest BCUT2D eigenvalue weighted by Gasteiger charge is 2.23. The minimum atomic E-state index is 0.0292. The third-order valence-corrected chi connectivity index (χ3v) is 5.51. The van der Waals surface area contributed by atoms with Crippen LogP contribution in [0.2, 0.25) is 0 Å². The number of para-hydroxylation sites is 1. The van der Waals surface area contributed by atoms with Crippen molar-refractivity contribution in [1.29, 1.82) is 0 Å². The Morgan fingerprint density at radius 3 is 2.69 bits per heavy atom. The van der Waals surface area contributed by atoms with Gasteiger partial charge >= 0.3 is 0 Å². The second-order valence-electron chi connectivity index (χ2n) is 7.28. The number of aromatic amines is 1. The summed E-state index contributed by atoms with van der Waals surface area (Å²) in [5, 5.41) is 4.24. The van der Waals surface area contributed by atoms with Crippen LogP contribution < -0.4 is 10.1 Å².